The van der Waals surface area contributed by atoms with Crippen LogP contribution in [0.1, 0.15) is 35.4 Å². The largest absolute Gasteiger partial charge is 0.508 e. The van der Waals surface area contributed by atoms with E-state index >= 15 is 0 Å². The first kappa shape index (κ1) is 23.2. The van der Waals surface area contributed by atoms with Gasteiger partial charge in [-0.05, 0) is 48.2 Å². The molecule has 0 unspecified atom stereocenters. The summed E-state index contributed by atoms with van der Waals surface area (Å²) in [5, 5.41) is 12.7. The van der Waals surface area contributed by atoms with Crippen molar-refractivity contribution >= 4 is 11.7 Å². The first-order valence-electron chi connectivity index (χ1n) is 10.6. The maximum absolute atomic E-state index is 14.1. The fraction of sp³-hybridized carbons (Fsp3) is 0.231. The van der Waals surface area contributed by atoms with Gasteiger partial charge in [0.25, 0.3) is 0 Å². The molecule has 6 heteroatoms. The van der Waals surface area contributed by atoms with Crippen LogP contribution in [0.15, 0.2) is 84.9 Å². The van der Waals surface area contributed by atoms with Crippen LogP contribution in [0, 0.1) is 0 Å². The van der Waals surface area contributed by atoms with Crippen LogP contribution < -0.4 is 16.8 Å². The van der Waals surface area contributed by atoms with Crippen LogP contribution >= 0.6 is 0 Å². The number of hydrogen-bond acceptors (Lipinski definition) is 5. The molecule has 0 heterocycles. The molecule has 0 spiro atoms. The number of carbonyl (C=O) groups is 2. The molecule has 0 saturated carbocycles. The van der Waals surface area contributed by atoms with E-state index in [2.05, 4.69) is 5.32 Å². The van der Waals surface area contributed by atoms with Crippen molar-refractivity contribution in [2.45, 2.75) is 30.8 Å². The molecule has 0 bridgehead atoms. The molecule has 0 aliphatic carbocycles. The first-order valence-corrected chi connectivity index (χ1v) is 10.6. The molecule has 166 valence electrons. The highest BCUT2D eigenvalue weighted by Gasteiger charge is 2.47. The van der Waals surface area contributed by atoms with Crippen LogP contribution in [0.2, 0.25) is 0 Å². The number of carbonyl (C=O) groups excluding carboxylic acids is 2. The number of phenolic OH excluding ortho intramolecular Hbond substituents is 1. The van der Waals surface area contributed by atoms with E-state index in [1.807, 2.05) is 60.7 Å². The Morgan fingerprint density at radius 3 is 1.88 bits per heavy atom. The lowest BCUT2D eigenvalue weighted by Gasteiger charge is -2.34. The quantitative estimate of drug-likeness (QED) is 0.348. The van der Waals surface area contributed by atoms with Gasteiger partial charge in [0, 0.05) is 6.54 Å². The van der Waals surface area contributed by atoms with Gasteiger partial charge < -0.3 is 16.6 Å². The number of aromatic hydroxyl groups is 1. The fourth-order valence-corrected chi connectivity index (χ4v) is 3.90. The molecule has 3 aromatic carbocycles. The number of ketones is 1. The normalized spacial score (nSPS) is 12.9. The lowest BCUT2D eigenvalue weighted by atomic mass is 9.75. The summed E-state index contributed by atoms with van der Waals surface area (Å²) in [5.74, 6) is -1.57. The summed E-state index contributed by atoms with van der Waals surface area (Å²) in [5.41, 5.74) is 12.4. The van der Waals surface area contributed by atoms with Crippen LogP contribution in [0.3, 0.4) is 0 Å². The Morgan fingerprint density at radius 1 is 0.875 bits per heavy atom. The summed E-state index contributed by atoms with van der Waals surface area (Å²) in [6.45, 7) is 0.556. The zero-order valence-electron chi connectivity index (χ0n) is 17.9. The highest BCUT2D eigenvalue weighted by atomic mass is 16.3. The van der Waals surface area contributed by atoms with Crippen LogP contribution in [0.5, 0.6) is 5.75 Å². The number of Topliss-reactive ketones (excluding diaryl/α,β-unsaturated/α-hetero) is 1. The first-order chi connectivity index (χ1) is 15.5. The topological polar surface area (TPSA) is 118 Å². The second-order valence-electron chi connectivity index (χ2n) is 7.80. The molecule has 1 amide bonds. The Hall–Kier alpha value is -3.48. The van der Waals surface area contributed by atoms with Gasteiger partial charge in [-0.1, -0.05) is 72.8 Å². The third kappa shape index (κ3) is 5.22. The molecule has 0 saturated heterocycles. The second-order valence-corrected chi connectivity index (χ2v) is 7.80. The fourth-order valence-electron chi connectivity index (χ4n) is 3.90. The zero-order chi connectivity index (χ0) is 23.0. The summed E-state index contributed by atoms with van der Waals surface area (Å²) in [6.07, 6.45) is 0.638. The Kier molecular flexibility index (Phi) is 7.76. The standard InChI is InChI=1S/C26H29N3O3/c27-17-7-16-26(25(28)32,29-18-19-12-14-22(30)15-13-19)24(31)23(20-8-3-1-4-9-20)21-10-5-2-6-11-21/h1-6,8-15,23,29-30H,7,16-18,27H2,(H2,28,32)/t26-/m1/s1. The van der Waals surface area contributed by atoms with E-state index in [1.165, 1.54) is 0 Å². The predicted molar refractivity (Wildman–Crippen MR) is 125 cm³/mol. The predicted octanol–water partition coefficient (Wildman–Crippen LogP) is 2.85. The third-order valence-corrected chi connectivity index (χ3v) is 5.66. The van der Waals surface area contributed by atoms with Gasteiger partial charge in [-0.15, -0.1) is 0 Å². The van der Waals surface area contributed by atoms with Crippen molar-refractivity contribution in [1.29, 1.82) is 0 Å². The van der Waals surface area contributed by atoms with E-state index in [9.17, 15) is 14.7 Å². The number of rotatable bonds is 11. The SMILES string of the molecule is NCCC[C@](NCc1ccc(O)cc1)(C(N)=O)C(=O)C(c1ccccc1)c1ccccc1. The van der Waals surface area contributed by atoms with Gasteiger partial charge in [0.1, 0.15) is 5.75 Å². The number of nitrogens with one attached hydrogen (secondary N) is 1. The summed E-state index contributed by atoms with van der Waals surface area (Å²) in [4.78, 5) is 27.0. The smallest absolute Gasteiger partial charge is 0.245 e. The Balaban J connectivity index is 2.04. The molecule has 0 aliphatic rings. The van der Waals surface area contributed by atoms with Crippen molar-refractivity contribution in [3.8, 4) is 5.75 Å². The van der Waals surface area contributed by atoms with E-state index in [0.717, 1.165) is 16.7 Å². The molecule has 1 atom stereocenters. The summed E-state index contributed by atoms with van der Waals surface area (Å²) < 4.78 is 0. The molecule has 6 nitrogen and oxygen atoms in total. The van der Waals surface area contributed by atoms with Gasteiger partial charge in [0.15, 0.2) is 11.3 Å². The number of primary amides is 1. The van der Waals surface area contributed by atoms with Crippen LogP contribution in [0.25, 0.3) is 0 Å². The molecule has 6 N–H and O–H groups in total. The minimum absolute atomic E-state index is 0.141. The molecule has 0 fully saturated rings. The van der Waals surface area contributed by atoms with E-state index in [-0.39, 0.29) is 24.5 Å². The molecule has 0 aliphatic heterocycles. The van der Waals surface area contributed by atoms with Crippen molar-refractivity contribution in [1.82, 2.24) is 5.32 Å². The van der Waals surface area contributed by atoms with Gasteiger partial charge >= 0.3 is 0 Å². The van der Waals surface area contributed by atoms with Crippen molar-refractivity contribution in [3.63, 3.8) is 0 Å². The highest BCUT2D eigenvalue weighted by Crippen LogP contribution is 2.32. The average Bonchev–Trinajstić information content (AvgIpc) is 2.82. The third-order valence-electron chi connectivity index (χ3n) is 5.66. The van der Waals surface area contributed by atoms with Crippen molar-refractivity contribution in [3.05, 3.63) is 102 Å². The van der Waals surface area contributed by atoms with Crippen LogP contribution in [0.4, 0.5) is 0 Å². The lowest BCUT2D eigenvalue weighted by Crippen LogP contribution is -2.62. The maximum atomic E-state index is 14.1. The number of benzene rings is 3. The van der Waals surface area contributed by atoms with Crippen LogP contribution in [-0.2, 0) is 16.1 Å². The minimum atomic E-state index is -1.60. The van der Waals surface area contributed by atoms with Crippen LogP contribution in [-0.4, -0.2) is 28.9 Å². The lowest BCUT2D eigenvalue weighted by molar-refractivity contribution is -0.137. The molecule has 0 aromatic heterocycles. The number of phenols is 1. The Morgan fingerprint density at radius 2 is 1.41 bits per heavy atom. The van der Waals surface area contributed by atoms with Gasteiger partial charge in [-0.25, -0.2) is 0 Å². The average molecular weight is 432 g/mol. The molecule has 3 rings (SSSR count). The molecular weight excluding hydrogens is 402 g/mol. The minimum Gasteiger partial charge on any atom is -0.508 e. The second kappa shape index (κ2) is 10.7. The maximum Gasteiger partial charge on any atom is 0.245 e. The Labute approximate surface area is 188 Å². The molecule has 0 radical (unpaired) electrons. The van der Waals surface area contributed by atoms with Gasteiger partial charge in [-0.3, -0.25) is 14.9 Å². The van der Waals surface area contributed by atoms with Gasteiger partial charge in [-0.2, -0.15) is 0 Å². The summed E-state index contributed by atoms with van der Waals surface area (Å²) in [6, 6.07) is 25.3. The summed E-state index contributed by atoms with van der Waals surface area (Å²) in [7, 11) is 0. The molecule has 3 aromatic rings. The van der Waals surface area contributed by atoms with E-state index < -0.39 is 17.4 Å². The number of amides is 1. The van der Waals surface area contributed by atoms with Crippen molar-refractivity contribution < 1.29 is 14.7 Å². The molecule has 32 heavy (non-hydrogen) atoms. The zero-order valence-corrected chi connectivity index (χ0v) is 17.9. The Bertz CT molecular complexity index is 984. The molecular formula is C26H29N3O3. The monoisotopic (exact) mass is 431 g/mol. The van der Waals surface area contributed by atoms with E-state index in [1.54, 1.807) is 24.3 Å². The van der Waals surface area contributed by atoms with E-state index in [0.29, 0.717) is 13.0 Å². The number of nitrogens with two attached hydrogens (primary N) is 2. The van der Waals surface area contributed by atoms with Crippen molar-refractivity contribution in [2.75, 3.05) is 6.54 Å². The number of hydrogen-bond donors (Lipinski definition) is 4. The highest BCUT2D eigenvalue weighted by molar-refractivity contribution is 6.13. The van der Waals surface area contributed by atoms with E-state index in [4.69, 9.17) is 11.5 Å². The van der Waals surface area contributed by atoms with Crippen molar-refractivity contribution in [2.24, 2.45) is 11.5 Å². The van der Waals surface area contributed by atoms with Gasteiger partial charge in [0.05, 0.1) is 5.92 Å². The summed E-state index contributed by atoms with van der Waals surface area (Å²) >= 11 is 0. The van der Waals surface area contributed by atoms with Gasteiger partial charge in [0.2, 0.25) is 5.91 Å².